The second-order valence-electron chi connectivity index (χ2n) is 13.9. The molecule has 2 bridgehead atoms. The van der Waals surface area contributed by atoms with Crippen molar-refractivity contribution in [1.82, 2.24) is 0 Å². The Morgan fingerprint density at radius 2 is 1.86 bits per heavy atom. The third-order valence-corrected chi connectivity index (χ3v) is 12.0. The highest BCUT2D eigenvalue weighted by Crippen LogP contribution is 2.68. The van der Waals surface area contributed by atoms with Crippen molar-refractivity contribution in [1.29, 1.82) is 0 Å². The van der Waals surface area contributed by atoms with E-state index in [2.05, 4.69) is 47.6 Å². The first-order valence-corrected chi connectivity index (χ1v) is 14.0. The maximum absolute atomic E-state index is 12.1. The van der Waals surface area contributed by atoms with Crippen molar-refractivity contribution >= 4 is 5.97 Å². The molecule has 0 aromatic heterocycles. The van der Waals surface area contributed by atoms with Crippen LogP contribution in [0.5, 0.6) is 0 Å². The first kappa shape index (κ1) is 23.2. The lowest BCUT2D eigenvalue weighted by molar-refractivity contribution is -0.385. The second-order valence-corrected chi connectivity index (χ2v) is 13.9. The Morgan fingerprint density at radius 3 is 2.54 bits per heavy atom. The average Bonchev–Trinajstić information content (AvgIpc) is 3.32. The molecule has 4 heterocycles. The number of esters is 1. The standard InChI is InChI=1S/C29H42O6/c1-15(20-14-27(6)25(3,4)34-28(7,32-20)35-27)18-8-9-19-22-17(10-12-26(18,19)5)16(2)29(24-23(22)31-24)13-11-21(30)33-29/h10,15-16,18-20,22-24H,8-9,11-14H2,1-7H3. The predicted octanol–water partition coefficient (Wildman–Crippen LogP) is 5.14. The molecule has 4 saturated heterocycles. The predicted molar refractivity (Wildman–Crippen MR) is 128 cm³/mol. The minimum absolute atomic E-state index is 0.0551. The first-order chi connectivity index (χ1) is 16.3. The van der Waals surface area contributed by atoms with Crippen molar-refractivity contribution in [3.63, 3.8) is 0 Å². The first-order valence-electron chi connectivity index (χ1n) is 14.0. The lowest BCUT2D eigenvalue weighted by Gasteiger charge is -2.52. The van der Waals surface area contributed by atoms with Gasteiger partial charge in [-0.2, -0.15) is 0 Å². The van der Waals surface area contributed by atoms with Crippen molar-refractivity contribution < 1.29 is 28.5 Å². The number of carbonyl (C=O) groups excluding carboxylic acids is 1. The smallest absolute Gasteiger partial charge is 0.306 e. The van der Waals surface area contributed by atoms with Crippen molar-refractivity contribution in [2.75, 3.05) is 0 Å². The van der Waals surface area contributed by atoms with Gasteiger partial charge in [0.05, 0.1) is 17.8 Å². The third kappa shape index (κ3) is 2.83. The van der Waals surface area contributed by atoms with E-state index >= 15 is 0 Å². The molecule has 35 heavy (non-hydrogen) atoms. The molecule has 0 amide bonds. The van der Waals surface area contributed by atoms with Crippen LogP contribution in [-0.4, -0.2) is 47.1 Å². The van der Waals surface area contributed by atoms with Crippen LogP contribution in [0, 0.1) is 35.0 Å². The molecule has 0 aromatic rings. The number of allylic oxidation sites excluding steroid dienone is 1. The molecule has 12 atom stereocenters. The molecule has 194 valence electrons. The summed E-state index contributed by atoms with van der Waals surface area (Å²) in [5.41, 5.74) is 0.579. The summed E-state index contributed by atoms with van der Waals surface area (Å²) in [6.45, 7) is 15.6. The third-order valence-electron chi connectivity index (χ3n) is 12.0. The Morgan fingerprint density at radius 1 is 1.09 bits per heavy atom. The van der Waals surface area contributed by atoms with Gasteiger partial charge < -0.3 is 23.7 Å². The fraction of sp³-hybridized carbons (Fsp3) is 0.897. The number of fused-ring (bicyclic) bond motifs is 8. The largest absolute Gasteiger partial charge is 0.456 e. The lowest BCUT2D eigenvalue weighted by atomic mass is 9.53. The number of hydrogen-bond donors (Lipinski definition) is 0. The maximum Gasteiger partial charge on any atom is 0.306 e. The van der Waals surface area contributed by atoms with Crippen molar-refractivity contribution in [2.45, 2.75) is 128 Å². The van der Waals surface area contributed by atoms with E-state index in [1.807, 2.05) is 6.92 Å². The van der Waals surface area contributed by atoms with Gasteiger partial charge in [0, 0.05) is 38.0 Å². The molecule has 7 aliphatic rings. The number of ether oxygens (including phenoxy) is 5. The van der Waals surface area contributed by atoms with E-state index in [0.717, 1.165) is 19.3 Å². The van der Waals surface area contributed by atoms with Crippen LogP contribution >= 0.6 is 0 Å². The summed E-state index contributed by atoms with van der Waals surface area (Å²) in [6.07, 6.45) is 8.66. The molecule has 0 radical (unpaired) electrons. The van der Waals surface area contributed by atoms with Crippen molar-refractivity contribution in [3.05, 3.63) is 11.6 Å². The molecular formula is C29H42O6. The SMILES string of the molecule is CC(C1CC2(C)OC(C)(O1)OC2(C)C)C1CCC2C3C(=CCC12C)C(C)C1(CCC(=O)O1)C1OC31. The minimum Gasteiger partial charge on any atom is -0.456 e. The quantitative estimate of drug-likeness (QED) is 0.306. The van der Waals surface area contributed by atoms with Crippen molar-refractivity contribution in [2.24, 2.45) is 35.0 Å². The Balaban J connectivity index is 1.16. The van der Waals surface area contributed by atoms with Gasteiger partial charge in [0.15, 0.2) is 0 Å². The molecule has 0 N–H and O–H groups in total. The van der Waals surface area contributed by atoms with Gasteiger partial charge in [0.1, 0.15) is 17.3 Å². The minimum atomic E-state index is -0.963. The fourth-order valence-electron chi connectivity index (χ4n) is 9.79. The molecule has 3 aliphatic carbocycles. The maximum atomic E-state index is 12.1. The van der Waals surface area contributed by atoms with E-state index in [4.69, 9.17) is 23.7 Å². The van der Waals surface area contributed by atoms with E-state index in [1.54, 1.807) is 0 Å². The zero-order valence-electron chi connectivity index (χ0n) is 22.4. The molecule has 2 saturated carbocycles. The van der Waals surface area contributed by atoms with Gasteiger partial charge in [0.25, 0.3) is 5.97 Å². The summed E-state index contributed by atoms with van der Waals surface area (Å²) in [7, 11) is 0. The molecule has 4 aliphatic heterocycles. The van der Waals surface area contributed by atoms with E-state index in [-0.39, 0.29) is 46.8 Å². The van der Waals surface area contributed by atoms with Crippen LogP contribution in [0.4, 0.5) is 0 Å². The van der Waals surface area contributed by atoms with E-state index in [9.17, 15) is 4.79 Å². The van der Waals surface area contributed by atoms with Crippen LogP contribution in [0.3, 0.4) is 0 Å². The van der Waals surface area contributed by atoms with Crippen molar-refractivity contribution in [3.8, 4) is 0 Å². The summed E-state index contributed by atoms with van der Waals surface area (Å²) >= 11 is 0. The topological polar surface area (TPSA) is 66.5 Å². The van der Waals surface area contributed by atoms with Gasteiger partial charge in [-0.1, -0.05) is 32.4 Å². The molecule has 1 spiro atoms. The molecule has 6 nitrogen and oxygen atoms in total. The van der Waals surface area contributed by atoms with Gasteiger partial charge >= 0.3 is 5.97 Å². The molecule has 7 rings (SSSR count). The Hall–Kier alpha value is -0.950. The molecule has 6 fully saturated rings. The highest BCUT2D eigenvalue weighted by molar-refractivity contribution is 5.73. The van der Waals surface area contributed by atoms with E-state index in [0.29, 0.717) is 30.1 Å². The van der Waals surface area contributed by atoms with E-state index < -0.39 is 11.6 Å². The Labute approximate surface area is 209 Å². The molecule has 12 unspecified atom stereocenters. The lowest BCUT2D eigenvalue weighted by Crippen LogP contribution is -2.55. The highest BCUT2D eigenvalue weighted by Gasteiger charge is 2.72. The number of hydrogen-bond acceptors (Lipinski definition) is 6. The highest BCUT2D eigenvalue weighted by atomic mass is 16.9. The summed E-state index contributed by atoms with van der Waals surface area (Å²) in [4.78, 5) is 12.1. The molecular weight excluding hydrogens is 444 g/mol. The van der Waals surface area contributed by atoms with Gasteiger partial charge in [-0.25, -0.2) is 0 Å². The van der Waals surface area contributed by atoms with Crippen LogP contribution in [0.1, 0.15) is 87.0 Å². The van der Waals surface area contributed by atoms with Gasteiger partial charge in [-0.15, -0.1) is 0 Å². The van der Waals surface area contributed by atoms with Crippen LogP contribution in [0.15, 0.2) is 11.6 Å². The van der Waals surface area contributed by atoms with Crippen LogP contribution < -0.4 is 0 Å². The monoisotopic (exact) mass is 486 g/mol. The zero-order valence-corrected chi connectivity index (χ0v) is 22.4. The second kappa shape index (κ2) is 6.73. The van der Waals surface area contributed by atoms with Crippen LogP contribution in [-0.2, 0) is 28.5 Å². The summed E-state index contributed by atoms with van der Waals surface area (Å²) < 4.78 is 31.5. The summed E-state index contributed by atoms with van der Waals surface area (Å²) in [6, 6.07) is 0. The molecule has 0 aromatic carbocycles. The Kier molecular flexibility index (Phi) is 4.46. The van der Waals surface area contributed by atoms with Gasteiger partial charge in [0.2, 0.25) is 0 Å². The van der Waals surface area contributed by atoms with Gasteiger partial charge in [-0.3, -0.25) is 4.79 Å². The summed E-state index contributed by atoms with van der Waals surface area (Å²) in [5, 5.41) is 0. The number of rotatable bonds is 2. The number of carbonyl (C=O) groups is 1. The van der Waals surface area contributed by atoms with E-state index in [1.165, 1.54) is 18.4 Å². The summed E-state index contributed by atoms with van der Waals surface area (Å²) in [5.74, 6) is 1.29. The molecule has 6 heteroatoms. The Bertz CT molecular complexity index is 1000. The normalized spacial score (nSPS) is 58.3. The van der Waals surface area contributed by atoms with Gasteiger partial charge in [-0.05, 0) is 63.2 Å². The number of epoxide rings is 1. The fourth-order valence-corrected chi connectivity index (χ4v) is 9.79. The zero-order chi connectivity index (χ0) is 24.8. The average molecular weight is 487 g/mol. The van der Waals surface area contributed by atoms with Crippen LogP contribution in [0.25, 0.3) is 0 Å². The van der Waals surface area contributed by atoms with Crippen LogP contribution in [0.2, 0.25) is 0 Å².